The first kappa shape index (κ1) is 91.1. The molecular formula is C74H144O17P2. The van der Waals surface area contributed by atoms with Gasteiger partial charge in [0.1, 0.15) is 19.3 Å². The highest BCUT2D eigenvalue weighted by molar-refractivity contribution is 7.47. The van der Waals surface area contributed by atoms with Gasteiger partial charge in [-0.25, -0.2) is 9.13 Å². The summed E-state index contributed by atoms with van der Waals surface area (Å²) < 4.78 is 68.3. The minimum Gasteiger partial charge on any atom is -0.462 e. The average molecular weight is 1370 g/mol. The van der Waals surface area contributed by atoms with E-state index in [2.05, 4.69) is 34.6 Å². The van der Waals surface area contributed by atoms with E-state index in [0.29, 0.717) is 31.6 Å². The highest BCUT2D eigenvalue weighted by Crippen LogP contribution is 2.45. The molecule has 0 bridgehead atoms. The fourth-order valence-electron chi connectivity index (χ4n) is 11.4. The van der Waals surface area contributed by atoms with Crippen molar-refractivity contribution in [3.63, 3.8) is 0 Å². The molecule has 0 spiro atoms. The van der Waals surface area contributed by atoms with Crippen LogP contribution in [-0.4, -0.2) is 96.7 Å². The van der Waals surface area contributed by atoms with E-state index in [4.69, 9.17) is 37.0 Å². The summed E-state index contributed by atoms with van der Waals surface area (Å²) in [7, 11) is -9.90. The second kappa shape index (κ2) is 67.3. The number of carbonyl (C=O) groups is 4. The Morgan fingerprint density at radius 3 is 0.731 bits per heavy atom. The molecule has 3 N–H and O–H groups in total. The van der Waals surface area contributed by atoms with E-state index in [0.717, 1.165) is 103 Å². The molecule has 0 aromatic carbocycles. The van der Waals surface area contributed by atoms with Crippen LogP contribution in [0.25, 0.3) is 0 Å². The predicted molar refractivity (Wildman–Crippen MR) is 377 cm³/mol. The minimum absolute atomic E-state index is 0.102. The van der Waals surface area contributed by atoms with E-state index < -0.39 is 97.5 Å². The molecule has 0 heterocycles. The van der Waals surface area contributed by atoms with Gasteiger partial charge in [-0.3, -0.25) is 37.3 Å². The number of unbranched alkanes of at least 4 members (excludes halogenated alkanes) is 46. The topological polar surface area (TPSA) is 237 Å². The van der Waals surface area contributed by atoms with Crippen molar-refractivity contribution in [2.75, 3.05) is 39.6 Å². The van der Waals surface area contributed by atoms with Gasteiger partial charge in [-0.1, -0.05) is 336 Å². The SMILES string of the molecule is CCCCCCCCCCCCCCCCCCCCCC(=O)O[C@H](COC(=O)CCCCCCCCCCCCCCCCCCCC)COP(=O)(O)OC[C@@H](O)COP(=O)(O)OC[C@@H](COC(=O)CCCCCCCCC)OC(=O)CCCCCCCCC(C)C. The van der Waals surface area contributed by atoms with Crippen LogP contribution >= 0.6 is 15.6 Å². The summed E-state index contributed by atoms with van der Waals surface area (Å²) in [6, 6.07) is 0. The van der Waals surface area contributed by atoms with E-state index in [9.17, 15) is 43.2 Å². The molecule has 0 aromatic heterocycles. The van der Waals surface area contributed by atoms with Crippen LogP contribution in [0, 0.1) is 5.92 Å². The van der Waals surface area contributed by atoms with Crippen LogP contribution in [0.5, 0.6) is 0 Å². The Balaban J connectivity index is 5.15. The Bertz CT molecular complexity index is 1790. The van der Waals surface area contributed by atoms with Gasteiger partial charge in [0, 0.05) is 25.7 Å². The first-order valence-electron chi connectivity index (χ1n) is 38.6. The van der Waals surface area contributed by atoms with Gasteiger partial charge in [-0.15, -0.1) is 0 Å². The number of hydrogen-bond acceptors (Lipinski definition) is 15. The molecule has 0 rings (SSSR count). The van der Waals surface area contributed by atoms with Gasteiger partial charge in [0.25, 0.3) is 0 Å². The number of rotatable bonds is 74. The summed E-state index contributed by atoms with van der Waals surface area (Å²) in [6.45, 7) is 7.14. The second-order valence-corrected chi connectivity index (χ2v) is 30.1. The van der Waals surface area contributed by atoms with E-state index in [1.54, 1.807) is 0 Å². The summed E-state index contributed by atoms with van der Waals surface area (Å²) >= 11 is 0. The number of phosphoric acid groups is 2. The minimum atomic E-state index is -4.95. The van der Waals surface area contributed by atoms with E-state index in [1.807, 2.05) is 0 Å². The molecule has 17 nitrogen and oxygen atoms in total. The van der Waals surface area contributed by atoms with Crippen LogP contribution in [0.2, 0.25) is 0 Å². The van der Waals surface area contributed by atoms with Crippen LogP contribution < -0.4 is 0 Å². The van der Waals surface area contributed by atoms with Gasteiger partial charge in [-0.2, -0.15) is 0 Å². The summed E-state index contributed by atoms with van der Waals surface area (Å²) in [5, 5.41) is 10.6. The van der Waals surface area contributed by atoms with Gasteiger partial charge in [0.2, 0.25) is 0 Å². The molecule has 0 aromatic rings. The molecule has 0 fully saturated rings. The maximum absolute atomic E-state index is 13.1. The number of ether oxygens (including phenoxy) is 4. The zero-order valence-electron chi connectivity index (χ0n) is 60.4. The van der Waals surface area contributed by atoms with Crippen molar-refractivity contribution in [2.24, 2.45) is 5.92 Å². The molecule has 0 amide bonds. The number of aliphatic hydroxyl groups is 1. The molecular weight excluding hydrogens is 1220 g/mol. The van der Waals surface area contributed by atoms with Crippen molar-refractivity contribution in [1.29, 1.82) is 0 Å². The molecule has 0 aliphatic rings. The van der Waals surface area contributed by atoms with Crippen molar-refractivity contribution in [3.05, 3.63) is 0 Å². The molecule has 552 valence electrons. The van der Waals surface area contributed by atoms with Gasteiger partial charge >= 0.3 is 39.5 Å². The Labute approximate surface area is 568 Å². The maximum atomic E-state index is 13.1. The van der Waals surface area contributed by atoms with Crippen LogP contribution in [-0.2, 0) is 65.4 Å². The number of phosphoric ester groups is 2. The van der Waals surface area contributed by atoms with Gasteiger partial charge in [-0.05, 0) is 31.6 Å². The fraction of sp³-hybridized carbons (Fsp3) is 0.946. The second-order valence-electron chi connectivity index (χ2n) is 27.2. The monoisotopic (exact) mass is 1370 g/mol. The Morgan fingerprint density at radius 2 is 0.495 bits per heavy atom. The Kier molecular flexibility index (Phi) is 65.9. The maximum Gasteiger partial charge on any atom is 0.472 e. The van der Waals surface area contributed by atoms with Crippen LogP contribution in [0.15, 0.2) is 0 Å². The summed E-state index contributed by atoms with van der Waals surface area (Å²) in [5.74, 6) is -1.46. The lowest BCUT2D eigenvalue weighted by molar-refractivity contribution is -0.161. The lowest BCUT2D eigenvalue weighted by atomic mass is 10.0. The largest absolute Gasteiger partial charge is 0.472 e. The summed E-state index contributed by atoms with van der Waals surface area (Å²) in [6.07, 6.45) is 56.0. The molecule has 0 saturated heterocycles. The predicted octanol–water partition coefficient (Wildman–Crippen LogP) is 21.7. The Hall–Kier alpha value is -1.94. The van der Waals surface area contributed by atoms with Crippen LogP contribution in [0.3, 0.4) is 0 Å². The molecule has 2 unspecified atom stereocenters. The molecule has 0 aliphatic heterocycles. The van der Waals surface area contributed by atoms with Crippen molar-refractivity contribution in [1.82, 2.24) is 0 Å². The molecule has 0 saturated carbocycles. The zero-order chi connectivity index (χ0) is 68.4. The summed E-state index contributed by atoms with van der Waals surface area (Å²) in [4.78, 5) is 72.5. The van der Waals surface area contributed by atoms with E-state index in [1.165, 1.54) is 199 Å². The highest BCUT2D eigenvalue weighted by atomic mass is 31.2. The van der Waals surface area contributed by atoms with Gasteiger partial charge in [0.05, 0.1) is 26.4 Å². The lowest BCUT2D eigenvalue weighted by Gasteiger charge is -2.21. The number of esters is 4. The summed E-state index contributed by atoms with van der Waals surface area (Å²) in [5.41, 5.74) is 0. The molecule has 0 radical (unpaired) electrons. The van der Waals surface area contributed by atoms with Crippen molar-refractivity contribution >= 4 is 39.5 Å². The third-order valence-corrected chi connectivity index (χ3v) is 19.2. The number of aliphatic hydroxyl groups excluding tert-OH is 1. The zero-order valence-corrected chi connectivity index (χ0v) is 62.2. The van der Waals surface area contributed by atoms with Crippen molar-refractivity contribution in [3.8, 4) is 0 Å². The third kappa shape index (κ3) is 68.4. The first-order chi connectivity index (χ1) is 45.0. The van der Waals surface area contributed by atoms with Gasteiger partial charge < -0.3 is 33.8 Å². The lowest BCUT2D eigenvalue weighted by Crippen LogP contribution is -2.30. The highest BCUT2D eigenvalue weighted by Gasteiger charge is 2.30. The van der Waals surface area contributed by atoms with Crippen molar-refractivity contribution in [2.45, 2.75) is 406 Å². The molecule has 93 heavy (non-hydrogen) atoms. The third-order valence-electron chi connectivity index (χ3n) is 17.3. The van der Waals surface area contributed by atoms with Crippen LogP contribution in [0.1, 0.15) is 388 Å². The standard InChI is InChI=1S/C74H144O17P2/c1-6-9-12-15-18-20-22-24-26-28-30-32-34-36-38-40-43-49-54-59-73(78)90-69(64-85-72(77)58-53-48-42-39-37-35-33-31-29-27-25-23-21-19-16-13-10-7-2)65-88-92(80,81)86-61-68(75)62-87-93(82,83)89-66-70(63-84-71(76)57-52-47-41-17-14-11-8-3)91-74(79)60-55-50-45-44-46-51-56-67(4)5/h67-70,75H,6-66H2,1-5H3,(H,80,81)(H,82,83)/t68-,69-,70-/m1/s1. The van der Waals surface area contributed by atoms with Crippen molar-refractivity contribution < 1.29 is 80.2 Å². The smallest absolute Gasteiger partial charge is 0.462 e. The molecule has 19 heteroatoms. The molecule has 5 atom stereocenters. The number of carbonyl (C=O) groups excluding carboxylic acids is 4. The van der Waals surface area contributed by atoms with Crippen LogP contribution in [0.4, 0.5) is 0 Å². The fourth-order valence-corrected chi connectivity index (χ4v) is 12.9. The normalized spacial score (nSPS) is 14.0. The average Bonchev–Trinajstić information content (AvgIpc) is 3.74. The van der Waals surface area contributed by atoms with Gasteiger partial charge in [0.15, 0.2) is 12.2 Å². The van der Waals surface area contributed by atoms with E-state index >= 15 is 0 Å². The number of hydrogen-bond donors (Lipinski definition) is 3. The first-order valence-corrected chi connectivity index (χ1v) is 41.6. The van der Waals surface area contributed by atoms with E-state index in [-0.39, 0.29) is 25.7 Å². The molecule has 0 aliphatic carbocycles. The quantitative estimate of drug-likeness (QED) is 0.0222. The Morgan fingerprint density at radius 1 is 0.290 bits per heavy atom.